The average molecular weight is 254 g/mol. The second-order valence-electron chi connectivity index (χ2n) is 5.92. The summed E-state index contributed by atoms with van der Waals surface area (Å²) in [5.74, 6) is 0. The van der Waals surface area contributed by atoms with Gasteiger partial charge in [0, 0.05) is 19.2 Å². The monoisotopic (exact) mass is 254 g/mol. The Kier molecular flexibility index (Phi) is 6.46. The molecule has 1 aliphatic heterocycles. The summed E-state index contributed by atoms with van der Waals surface area (Å²) in [6.45, 7) is 4.10. The van der Waals surface area contributed by atoms with Gasteiger partial charge in [0.05, 0.1) is 6.10 Å². The van der Waals surface area contributed by atoms with Crippen LogP contribution in [0.25, 0.3) is 0 Å². The SMILES string of the molecule is NCCCN(CC1CCCO1)C1CCCCCC1. The number of hydrogen-bond donors (Lipinski definition) is 1. The van der Waals surface area contributed by atoms with E-state index in [1.807, 2.05) is 0 Å². The van der Waals surface area contributed by atoms with Gasteiger partial charge in [0.1, 0.15) is 0 Å². The van der Waals surface area contributed by atoms with Crippen LogP contribution in [0.2, 0.25) is 0 Å². The van der Waals surface area contributed by atoms with Gasteiger partial charge in [-0.25, -0.2) is 0 Å². The van der Waals surface area contributed by atoms with Crippen LogP contribution in [0.3, 0.4) is 0 Å². The molecule has 1 heterocycles. The number of nitrogens with zero attached hydrogens (tertiary/aromatic N) is 1. The fourth-order valence-electron chi connectivity index (χ4n) is 3.39. The van der Waals surface area contributed by atoms with E-state index < -0.39 is 0 Å². The van der Waals surface area contributed by atoms with Crippen molar-refractivity contribution in [1.82, 2.24) is 4.90 Å². The van der Waals surface area contributed by atoms with E-state index >= 15 is 0 Å². The van der Waals surface area contributed by atoms with Gasteiger partial charge in [-0.1, -0.05) is 25.7 Å². The van der Waals surface area contributed by atoms with Crippen molar-refractivity contribution in [2.24, 2.45) is 5.73 Å². The number of nitrogens with two attached hydrogens (primary N) is 1. The highest BCUT2D eigenvalue weighted by Crippen LogP contribution is 2.24. The quantitative estimate of drug-likeness (QED) is 0.740. The third kappa shape index (κ3) is 4.52. The second kappa shape index (κ2) is 8.13. The van der Waals surface area contributed by atoms with Crippen LogP contribution >= 0.6 is 0 Å². The Balaban J connectivity index is 1.84. The predicted octanol–water partition coefficient (Wildman–Crippen LogP) is 2.54. The van der Waals surface area contributed by atoms with Crippen molar-refractivity contribution in [1.29, 1.82) is 0 Å². The first-order valence-electron chi connectivity index (χ1n) is 7.96. The fourth-order valence-corrected chi connectivity index (χ4v) is 3.39. The largest absolute Gasteiger partial charge is 0.377 e. The summed E-state index contributed by atoms with van der Waals surface area (Å²) in [6, 6.07) is 0.795. The Morgan fingerprint density at radius 2 is 1.78 bits per heavy atom. The average Bonchev–Trinajstić information content (AvgIpc) is 2.74. The van der Waals surface area contributed by atoms with Crippen LogP contribution in [0.15, 0.2) is 0 Å². The molecule has 18 heavy (non-hydrogen) atoms. The molecular formula is C15H30N2O. The third-order valence-corrected chi connectivity index (χ3v) is 4.45. The van der Waals surface area contributed by atoms with Gasteiger partial charge in [-0.05, 0) is 45.2 Å². The minimum absolute atomic E-state index is 0.492. The molecule has 0 aromatic carbocycles. The molecule has 1 saturated heterocycles. The van der Waals surface area contributed by atoms with Gasteiger partial charge in [0.15, 0.2) is 0 Å². The molecule has 0 amide bonds. The lowest BCUT2D eigenvalue weighted by Gasteiger charge is -2.33. The molecule has 1 saturated carbocycles. The summed E-state index contributed by atoms with van der Waals surface area (Å²) in [7, 11) is 0. The maximum Gasteiger partial charge on any atom is 0.0702 e. The van der Waals surface area contributed by atoms with Gasteiger partial charge in [-0.2, -0.15) is 0 Å². The summed E-state index contributed by atoms with van der Waals surface area (Å²) in [4.78, 5) is 2.69. The lowest BCUT2D eigenvalue weighted by atomic mass is 10.1. The molecule has 0 radical (unpaired) electrons. The maximum atomic E-state index is 5.81. The first kappa shape index (κ1) is 14.3. The van der Waals surface area contributed by atoms with Crippen molar-refractivity contribution in [2.75, 3.05) is 26.2 Å². The van der Waals surface area contributed by atoms with Crippen LogP contribution < -0.4 is 5.73 Å². The summed E-state index contributed by atoms with van der Waals surface area (Å²) >= 11 is 0. The Bertz CT molecular complexity index is 209. The highest BCUT2D eigenvalue weighted by Gasteiger charge is 2.24. The Labute approximate surface area is 112 Å². The van der Waals surface area contributed by atoms with E-state index in [0.717, 1.165) is 32.2 Å². The first-order valence-corrected chi connectivity index (χ1v) is 7.96. The van der Waals surface area contributed by atoms with Gasteiger partial charge in [0.2, 0.25) is 0 Å². The van der Waals surface area contributed by atoms with E-state index in [-0.39, 0.29) is 0 Å². The van der Waals surface area contributed by atoms with Crippen LogP contribution in [-0.4, -0.2) is 43.3 Å². The Morgan fingerprint density at radius 1 is 1.00 bits per heavy atom. The Hall–Kier alpha value is -0.120. The van der Waals surface area contributed by atoms with E-state index in [9.17, 15) is 0 Å². The van der Waals surface area contributed by atoms with Crippen LogP contribution in [-0.2, 0) is 4.74 Å². The normalized spacial score (nSPS) is 26.7. The zero-order valence-corrected chi connectivity index (χ0v) is 11.8. The van der Waals surface area contributed by atoms with Gasteiger partial charge in [-0.15, -0.1) is 0 Å². The summed E-state index contributed by atoms with van der Waals surface area (Å²) in [5.41, 5.74) is 5.69. The smallest absolute Gasteiger partial charge is 0.0702 e. The molecule has 3 heteroatoms. The first-order chi connectivity index (χ1) is 8.90. The Morgan fingerprint density at radius 3 is 2.39 bits per heavy atom. The molecule has 106 valence electrons. The summed E-state index contributed by atoms with van der Waals surface area (Å²) in [5, 5.41) is 0. The predicted molar refractivity (Wildman–Crippen MR) is 75.7 cm³/mol. The van der Waals surface area contributed by atoms with Gasteiger partial charge < -0.3 is 10.5 Å². The minimum atomic E-state index is 0.492. The van der Waals surface area contributed by atoms with Gasteiger partial charge >= 0.3 is 0 Å². The third-order valence-electron chi connectivity index (χ3n) is 4.45. The molecule has 2 fully saturated rings. The molecule has 0 spiro atoms. The van der Waals surface area contributed by atoms with Crippen molar-refractivity contribution in [3.8, 4) is 0 Å². The van der Waals surface area contributed by atoms with E-state index in [1.54, 1.807) is 0 Å². The highest BCUT2D eigenvalue weighted by molar-refractivity contribution is 4.79. The fraction of sp³-hybridized carbons (Fsp3) is 1.00. The van der Waals surface area contributed by atoms with E-state index in [0.29, 0.717) is 6.10 Å². The van der Waals surface area contributed by atoms with Crippen molar-refractivity contribution >= 4 is 0 Å². The van der Waals surface area contributed by atoms with Crippen LogP contribution in [0.5, 0.6) is 0 Å². The maximum absolute atomic E-state index is 5.81. The van der Waals surface area contributed by atoms with Crippen molar-refractivity contribution in [3.63, 3.8) is 0 Å². The van der Waals surface area contributed by atoms with Gasteiger partial charge in [-0.3, -0.25) is 4.90 Å². The van der Waals surface area contributed by atoms with Crippen LogP contribution in [0.4, 0.5) is 0 Å². The number of hydrogen-bond acceptors (Lipinski definition) is 3. The molecule has 1 aliphatic carbocycles. The van der Waals surface area contributed by atoms with E-state index in [2.05, 4.69) is 4.90 Å². The standard InChI is InChI=1S/C15H30N2O/c16-10-6-11-17(13-15-9-5-12-18-15)14-7-3-1-2-4-8-14/h14-15H,1-13,16H2. The lowest BCUT2D eigenvalue weighted by molar-refractivity contribution is 0.0531. The van der Waals surface area contributed by atoms with Gasteiger partial charge in [0.25, 0.3) is 0 Å². The van der Waals surface area contributed by atoms with Crippen molar-refractivity contribution in [3.05, 3.63) is 0 Å². The van der Waals surface area contributed by atoms with Crippen molar-refractivity contribution < 1.29 is 4.74 Å². The molecule has 1 unspecified atom stereocenters. The molecule has 2 N–H and O–H groups in total. The molecular weight excluding hydrogens is 224 g/mol. The number of rotatable bonds is 6. The van der Waals surface area contributed by atoms with E-state index in [1.165, 1.54) is 57.9 Å². The summed E-state index contributed by atoms with van der Waals surface area (Å²) in [6.07, 6.45) is 12.6. The molecule has 2 aliphatic rings. The molecule has 0 bridgehead atoms. The minimum Gasteiger partial charge on any atom is -0.377 e. The number of ether oxygens (including phenoxy) is 1. The summed E-state index contributed by atoms with van der Waals surface area (Å²) < 4.78 is 5.81. The zero-order valence-electron chi connectivity index (χ0n) is 11.8. The topological polar surface area (TPSA) is 38.5 Å². The lowest BCUT2D eigenvalue weighted by Crippen LogP contribution is -2.41. The molecule has 1 atom stereocenters. The van der Waals surface area contributed by atoms with E-state index in [4.69, 9.17) is 10.5 Å². The zero-order chi connectivity index (χ0) is 12.6. The second-order valence-corrected chi connectivity index (χ2v) is 5.92. The van der Waals surface area contributed by atoms with Crippen molar-refractivity contribution in [2.45, 2.75) is 69.9 Å². The molecule has 0 aromatic rings. The van der Waals surface area contributed by atoms with Crippen LogP contribution in [0.1, 0.15) is 57.8 Å². The highest BCUT2D eigenvalue weighted by atomic mass is 16.5. The van der Waals surface area contributed by atoms with Crippen LogP contribution in [0, 0.1) is 0 Å². The molecule has 2 rings (SSSR count). The molecule has 3 nitrogen and oxygen atoms in total. The molecule has 0 aromatic heterocycles.